The van der Waals surface area contributed by atoms with Crippen LogP contribution in [-0.4, -0.2) is 31.4 Å². The smallest absolute Gasteiger partial charge is 0.252 e. The van der Waals surface area contributed by atoms with Gasteiger partial charge in [0, 0.05) is 25.2 Å². The van der Waals surface area contributed by atoms with Crippen LogP contribution in [-0.2, 0) is 16.6 Å². The zero-order valence-corrected chi connectivity index (χ0v) is 14.9. The number of rotatable bonds is 5. The van der Waals surface area contributed by atoms with Gasteiger partial charge < -0.3 is 5.32 Å². The molecule has 21 heavy (non-hydrogen) atoms. The van der Waals surface area contributed by atoms with E-state index in [4.69, 9.17) is 0 Å². The Bertz CT molecular complexity index is 566. The summed E-state index contributed by atoms with van der Waals surface area (Å²) in [6.45, 7) is 9.66. The van der Waals surface area contributed by atoms with Crippen molar-refractivity contribution in [1.82, 2.24) is 9.62 Å². The van der Waals surface area contributed by atoms with Gasteiger partial charge in [-0.05, 0) is 42.7 Å². The molecule has 1 aromatic heterocycles. The summed E-state index contributed by atoms with van der Waals surface area (Å²) >= 11 is 1.34. The van der Waals surface area contributed by atoms with Crippen molar-refractivity contribution in [3.63, 3.8) is 0 Å². The minimum absolute atomic E-state index is 0.102. The monoisotopic (exact) mass is 330 g/mol. The van der Waals surface area contributed by atoms with Crippen molar-refractivity contribution in [2.75, 3.05) is 6.54 Å². The van der Waals surface area contributed by atoms with E-state index in [9.17, 15) is 8.42 Å². The van der Waals surface area contributed by atoms with Gasteiger partial charge in [-0.15, -0.1) is 11.3 Å². The summed E-state index contributed by atoms with van der Waals surface area (Å²) in [6.07, 6.45) is 2.06. The van der Waals surface area contributed by atoms with Gasteiger partial charge in [-0.3, -0.25) is 0 Å². The fourth-order valence-electron chi connectivity index (χ4n) is 2.60. The first-order chi connectivity index (χ1) is 9.80. The molecule has 1 fully saturated rings. The van der Waals surface area contributed by atoms with E-state index < -0.39 is 10.0 Å². The molecule has 0 saturated carbocycles. The largest absolute Gasteiger partial charge is 0.310 e. The first-order valence-electron chi connectivity index (χ1n) is 7.63. The number of sulfonamides is 1. The van der Waals surface area contributed by atoms with Crippen molar-refractivity contribution in [3.8, 4) is 0 Å². The summed E-state index contributed by atoms with van der Waals surface area (Å²) < 4.78 is 27.8. The van der Waals surface area contributed by atoms with Crippen LogP contribution in [0, 0.1) is 5.92 Å². The third kappa shape index (κ3) is 4.06. The van der Waals surface area contributed by atoms with E-state index >= 15 is 0 Å². The molecular weight excluding hydrogens is 304 g/mol. The number of nitrogens with one attached hydrogen (secondary N) is 1. The Morgan fingerprint density at radius 2 is 2.10 bits per heavy atom. The van der Waals surface area contributed by atoms with Gasteiger partial charge in [-0.1, -0.05) is 20.8 Å². The Balaban J connectivity index is 2.15. The fraction of sp³-hybridized carbons (Fsp3) is 0.733. The van der Waals surface area contributed by atoms with Gasteiger partial charge in [0.1, 0.15) is 4.21 Å². The molecule has 0 radical (unpaired) electrons. The lowest BCUT2D eigenvalue weighted by atomic mass is 9.97. The summed E-state index contributed by atoms with van der Waals surface area (Å²) in [5.74, 6) is 0.443. The standard InChI is InChI=1S/C15H26N2O2S2/c1-11(2)16-8-14-7-15(20-10-14)21(18,19)17-9-12(3)5-6-13(17)4/h7,10-13,16H,5-6,8-9H2,1-4H3. The first kappa shape index (κ1) is 16.9. The van der Waals surface area contributed by atoms with E-state index in [1.807, 2.05) is 18.4 Å². The lowest BCUT2D eigenvalue weighted by molar-refractivity contribution is 0.218. The van der Waals surface area contributed by atoms with Gasteiger partial charge in [0.05, 0.1) is 0 Å². The molecule has 2 unspecified atom stereocenters. The second-order valence-corrected chi connectivity index (χ2v) is 9.44. The molecule has 4 nitrogen and oxygen atoms in total. The number of piperidine rings is 1. The maximum absolute atomic E-state index is 12.8. The Kier molecular flexibility index (Phi) is 5.46. The normalized spacial score (nSPS) is 24.6. The molecule has 6 heteroatoms. The van der Waals surface area contributed by atoms with Crippen molar-refractivity contribution in [1.29, 1.82) is 0 Å². The molecular formula is C15H26N2O2S2. The predicted molar refractivity (Wildman–Crippen MR) is 88.0 cm³/mol. The van der Waals surface area contributed by atoms with Crippen LogP contribution in [0.5, 0.6) is 0 Å². The summed E-state index contributed by atoms with van der Waals surface area (Å²) in [7, 11) is -3.34. The third-order valence-electron chi connectivity index (χ3n) is 3.97. The van der Waals surface area contributed by atoms with Gasteiger partial charge in [-0.25, -0.2) is 8.42 Å². The molecule has 0 aromatic carbocycles. The molecule has 2 heterocycles. The molecule has 1 saturated heterocycles. The van der Waals surface area contributed by atoms with Gasteiger partial charge >= 0.3 is 0 Å². The Morgan fingerprint density at radius 3 is 2.76 bits per heavy atom. The van der Waals surface area contributed by atoms with Crippen molar-refractivity contribution in [3.05, 3.63) is 17.0 Å². The van der Waals surface area contributed by atoms with E-state index in [-0.39, 0.29) is 6.04 Å². The highest BCUT2D eigenvalue weighted by Crippen LogP contribution is 2.30. The van der Waals surface area contributed by atoms with Crippen LogP contribution in [0.25, 0.3) is 0 Å². The zero-order chi connectivity index (χ0) is 15.6. The minimum atomic E-state index is -3.34. The molecule has 2 atom stereocenters. The third-order valence-corrected chi connectivity index (χ3v) is 7.41. The van der Waals surface area contributed by atoms with Gasteiger partial charge in [0.2, 0.25) is 0 Å². The van der Waals surface area contributed by atoms with E-state index in [2.05, 4.69) is 26.1 Å². The van der Waals surface area contributed by atoms with Crippen LogP contribution in [0.2, 0.25) is 0 Å². The summed E-state index contributed by atoms with van der Waals surface area (Å²) in [5.41, 5.74) is 1.05. The average Bonchev–Trinajstić information content (AvgIpc) is 2.88. The van der Waals surface area contributed by atoms with E-state index in [1.54, 1.807) is 4.31 Å². The first-order valence-corrected chi connectivity index (χ1v) is 9.95. The lowest BCUT2D eigenvalue weighted by Crippen LogP contribution is -2.44. The van der Waals surface area contributed by atoms with E-state index in [0.717, 1.165) is 24.9 Å². The van der Waals surface area contributed by atoms with Crippen molar-refractivity contribution < 1.29 is 8.42 Å². The predicted octanol–water partition coefficient (Wildman–Crippen LogP) is 3.06. The molecule has 1 N–H and O–H groups in total. The Labute approximate surface area is 132 Å². The molecule has 0 bridgehead atoms. The highest BCUT2D eigenvalue weighted by Gasteiger charge is 2.34. The van der Waals surface area contributed by atoms with Crippen LogP contribution >= 0.6 is 11.3 Å². The Morgan fingerprint density at radius 1 is 1.38 bits per heavy atom. The zero-order valence-electron chi connectivity index (χ0n) is 13.3. The topological polar surface area (TPSA) is 49.4 Å². The highest BCUT2D eigenvalue weighted by atomic mass is 32.2. The lowest BCUT2D eigenvalue weighted by Gasteiger charge is -2.35. The highest BCUT2D eigenvalue weighted by molar-refractivity contribution is 7.91. The average molecular weight is 331 g/mol. The second-order valence-electron chi connectivity index (χ2n) is 6.42. The summed E-state index contributed by atoms with van der Waals surface area (Å²) in [4.78, 5) is 0. The van der Waals surface area contributed by atoms with Crippen LogP contribution in [0.3, 0.4) is 0 Å². The SMILES string of the molecule is CC1CCC(C)N(S(=O)(=O)c2cc(CNC(C)C)cs2)C1. The summed E-state index contributed by atoms with van der Waals surface area (Å²) in [5, 5.41) is 5.26. The van der Waals surface area contributed by atoms with Crippen LogP contribution in [0.1, 0.15) is 46.1 Å². The van der Waals surface area contributed by atoms with E-state index in [1.165, 1.54) is 11.3 Å². The van der Waals surface area contributed by atoms with Crippen molar-refractivity contribution in [2.24, 2.45) is 5.92 Å². The summed E-state index contributed by atoms with van der Waals surface area (Å²) in [6, 6.07) is 2.32. The van der Waals surface area contributed by atoms with Crippen LogP contribution < -0.4 is 5.32 Å². The number of hydrogen-bond acceptors (Lipinski definition) is 4. The molecule has 1 aromatic rings. The molecule has 0 spiro atoms. The molecule has 1 aliphatic rings. The van der Waals surface area contributed by atoms with Crippen LogP contribution in [0.15, 0.2) is 15.7 Å². The van der Waals surface area contributed by atoms with Gasteiger partial charge in [0.25, 0.3) is 10.0 Å². The quantitative estimate of drug-likeness (QED) is 0.903. The molecule has 120 valence electrons. The van der Waals surface area contributed by atoms with Crippen molar-refractivity contribution in [2.45, 2.75) is 63.4 Å². The maximum Gasteiger partial charge on any atom is 0.252 e. The Hall–Kier alpha value is -0.430. The fourth-order valence-corrected chi connectivity index (χ4v) is 5.72. The van der Waals surface area contributed by atoms with Crippen LogP contribution in [0.4, 0.5) is 0 Å². The number of hydrogen-bond donors (Lipinski definition) is 1. The van der Waals surface area contributed by atoms with E-state index in [0.29, 0.717) is 22.7 Å². The number of nitrogens with zero attached hydrogens (tertiary/aromatic N) is 1. The molecule has 2 rings (SSSR count). The number of thiophene rings is 1. The second kappa shape index (κ2) is 6.77. The molecule has 0 aliphatic carbocycles. The van der Waals surface area contributed by atoms with Gasteiger partial charge in [-0.2, -0.15) is 4.31 Å². The van der Waals surface area contributed by atoms with Gasteiger partial charge in [0.15, 0.2) is 0 Å². The minimum Gasteiger partial charge on any atom is -0.310 e. The maximum atomic E-state index is 12.8. The van der Waals surface area contributed by atoms with Crippen molar-refractivity contribution >= 4 is 21.4 Å². The molecule has 0 amide bonds. The molecule has 1 aliphatic heterocycles.